The predicted octanol–water partition coefficient (Wildman–Crippen LogP) is 3.19. The number of rotatable bonds is 5. The Bertz CT molecular complexity index is 366. The van der Waals surface area contributed by atoms with Crippen molar-refractivity contribution < 1.29 is 4.74 Å². The highest BCUT2D eigenvalue weighted by atomic mass is 35.5. The largest absolute Gasteiger partial charge is 0.496 e. The van der Waals surface area contributed by atoms with Crippen molar-refractivity contribution in [3.8, 4) is 5.75 Å². The molecule has 4 heteroatoms. The van der Waals surface area contributed by atoms with E-state index in [0.29, 0.717) is 0 Å². The van der Waals surface area contributed by atoms with Gasteiger partial charge in [-0.15, -0.1) is 0 Å². The van der Waals surface area contributed by atoms with E-state index in [9.17, 15) is 0 Å². The third kappa shape index (κ3) is 3.80. The van der Waals surface area contributed by atoms with Crippen LogP contribution in [0.4, 0.5) is 0 Å². The zero-order valence-electron chi connectivity index (χ0n) is 10.0. The molecule has 1 saturated heterocycles. The molecule has 1 atom stereocenters. The van der Waals surface area contributed by atoms with Gasteiger partial charge in [0.2, 0.25) is 0 Å². The number of methoxy groups -OCH3 is 1. The van der Waals surface area contributed by atoms with Gasteiger partial charge >= 0.3 is 0 Å². The molecule has 1 aromatic rings. The first-order chi connectivity index (χ1) is 8.29. The Balaban J connectivity index is 1.86. The molecule has 1 aliphatic heterocycles. The van der Waals surface area contributed by atoms with Crippen LogP contribution in [0.15, 0.2) is 18.2 Å². The molecule has 94 valence electrons. The average Bonchev–Trinajstić information content (AvgIpc) is 2.82. The van der Waals surface area contributed by atoms with Crippen LogP contribution in [0.1, 0.15) is 12.0 Å². The van der Waals surface area contributed by atoms with Gasteiger partial charge in [-0.3, -0.25) is 0 Å². The molecule has 0 saturated carbocycles. The number of ether oxygens (including phenoxy) is 1. The molecule has 1 fully saturated rings. The third-order valence-corrected chi connectivity index (χ3v) is 4.48. The number of halogens is 1. The molecule has 2 nitrogen and oxygen atoms in total. The van der Waals surface area contributed by atoms with E-state index in [1.807, 2.05) is 18.2 Å². The van der Waals surface area contributed by atoms with Crippen LogP contribution in [-0.4, -0.2) is 25.2 Å². The molecule has 1 heterocycles. The Hall–Kier alpha value is -0.380. The van der Waals surface area contributed by atoms with Crippen LogP contribution >= 0.6 is 23.4 Å². The van der Waals surface area contributed by atoms with Gasteiger partial charge in [0.25, 0.3) is 0 Å². The highest BCUT2D eigenvalue weighted by molar-refractivity contribution is 7.99. The molecular formula is C13H18ClNOS. The highest BCUT2D eigenvalue weighted by Gasteiger charge is 2.14. The summed E-state index contributed by atoms with van der Waals surface area (Å²) in [4.78, 5) is 0. The predicted molar refractivity (Wildman–Crippen MR) is 75.1 cm³/mol. The first-order valence-electron chi connectivity index (χ1n) is 5.90. The maximum Gasteiger partial charge on any atom is 0.123 e. The second-order valence-electron chi connectivity index (χ2n) is 4.32. The summed E-state index contributed by atoms with van der Waals surface area (Å²) in [6.45, 7) is 1.91. The summed E-state index contributed by atoms with van der Waals surface area (Å²) in [5.41, 5.74) is 1.13. The number of hydrogen-bond donors (Lipinski definition) is 1. The summed E-state index contributed by atoms with van der Waals surface area (Å²) in [6, 6.07) is 5.75. The fourth-order valence-electron chi connectivity index (χ4n) is 2.04. The lowest BCUT2D eigenvalue weighted by atomic mass is 10.1. The molecule has 1 aromatic carbocycles. The van der Waals surface area contributed by atoms with Gasteiger partial charge < -0.3 is 10.1 Å². The van der Waals surface area contributed by atoms with Gasteiger partial charge in [0.15, 0.2) is 0 Å². The Labute approximate surface area is 112 Å². The zero-order valence-corrected chi connectivity index (χ0v) is 11.6. The SMILES string of the molecule is COc1ccc(Cl)cc1CNCC1CCSC1. The van der Waals surface area contributed by atoms with Crippen molar-refractivity contribution >= 4 is 23.4 Å². The normalized spacial score (nSPS) is 19.5. The van der Waals surface area contributed by atoms with Crippen LogP contribution in [0, 0.1) is 5.92 Å². The quantitative estimate of drug-likeness (QED) is 0.889. The van der Waals surface area contributed by atoms with Crippen molar-refractivity contribution in [2.24, 2.45) is 5.92 Å². The molecule has 17 heavy (non-hydrogen) atoms. The van der Waals surface area contributed by atoms with Gasteiger partial charge in [0.1, 0.15) is 5.75 Å². The van der Waals surface area contributed by atoms with Crippen molar-refractivity contribution in [1.82, 2.24) is 5.32 Å². The van der Waals surface area contributed by atoms with Crippen molar-refractivity contribution in [2.75, 3.05) is 25.2 Å². The number of nitrogens with one attached hydrogen (secondary N) is 1. The Kier molecular flexibility index (Phi) is 5.01. The van der Waals surface area contributed by atoms with Crippen LogP contribution in [-0.2, 0) is 6.54 Å². The second kappa shape index (κ2) is 6.53. The highest BCUT2D eigenvalue weighted by Crippen LogP contribution is 2.24. The summed E-state index contributed by atoms with van der Waals surface area (Å²) in [5, 5.41) is 4.26. The van der Waals surface area contributed by atoms with E-state index in [4.69, 9.17) is 16.3 Å². The molecule has 0 aromatic heterocycles. The van der Waals surface area contributed by atoms with Crippen molar-refractivity contribution in [1.29, 1.82) is 0 Å². The van der Waals surface area contributed by atoms with Gasteiger partial charge in [-0.05, 0) is 48.6 Å². The molecule has 0 spiro atoms. The minimum Gasteiger partial charge on any atom is -0.496 e. The summed E-state index contributed by atoms with van der Waals surface area (Å²) < 4.78 is 5.32. The minimum absolute atomic E-state index is 0.763. The van der Waals surface area contributed by atoms with Gasteiger partial charge in [0.05, 0.1) is 7.11 Å². The number of benzene rings is 1. The zero-order chi connectivity index (χ0) is 12.1. The summed E-state index contributed by atoms with van der Waals surface area (Å²) in [5.74, 6) is 4.33. The summed E-state index contributed by atoms with van der Waals surface area (Å²) in [6.07, 6.45) is 1.34. The molecule has 0 radical (unpaired) electrons. The average molecular weight is 272 g/mol. The van der Waals surface area contributed by atoms with E-state index < -0.39 is 0 Å². The van der Waals surface area contributed by atoms with Crippen LogP contribution in [0.3, 0.4) is 0 Å². The smallest absolute Gasteiger partial charge is 0.123 e. The minimum atomic E-state index is 0.763. The van der Waals surface area contributed by atoms with E-state index in [-0.39, 0.29) is 0 Å². The van der Waals surface area contributed by atoms with Gasteiger partial charge in [-0.1, -0.05) is 11.6 Å². The molecule has 1 unspecified atom stereocenters. The second-order valence-corrected chi connectivity index (χ2v) is 5.90. The van der Waals surface area contributed by atoms with Crippen LogP contribution in [0.2, 0.25) is 5.02 Å². The van der Waals surface area contributed by atoms with E-state index in [0.717, 1.165) is 35.3 Å². The Morgan fingerprint density at radius 2 is 2.41 bits per heavy atom. The third-order valence-electron chi connectivity index (χ3n) is 3.01. The fraction of sp³-hybridized carbons (Fsp3) is 0.538. The van der Waals surface area contributed by atoms with E-state index in [1.165, 1.54) is 17.9 Å². The maximum absolute atomic E-state index is 5.99. The monoisotopic (exact) mass is 271 g/mol. The lowest BCUT2D eigenvalue weighted by Gasteiger charge is -2.12. The first kappa shape index (κ1) is 13.1. The summed E-state index contributed by atoms with van der Waals surface area (Å²) in [7, 11) is 1.69. The molecular weight excluding hydrogens is 254 g/mol. The van der Waals surface area contributed by atoms with Crippen molar-refractivity contribution in [3.05, 3.63) is 28.8 Å². The topological polar surface area (TPSA) is 21.3 Å². The molecule has 0 aliphatic carbocycles. The van der Waals surface area contributed by atoms with Gasteiger partial charge in [-0.25, -0.2) is 0 Å². The molecule has 1 N–H and O–H groups in total. The lowest BCUT2D eigenvalue weighted by molar-refractivity contribution is 0.406. The Morgan fingerprint density at radius 3 is 3.12 bits per heavy atom. The standard InChI is InChI=1S/C13H18ClNOS/c1-16-13-3-2-12(14)6-11(13)8-15-7-10-4-5-17-9-10/h2-3,6,10,15H,4-5,7-9H2,1H3. The van der Waals surface area contributed by atoms with Crippen molar-refractivity contribution in [3.63, 3.8) is 0 Å². The van der Waals surface area contributed by atoms with E-state index >= 15 is 0 Å². The maximum atomic E-state index is 5.99. The Morgan fingerprint density at radius 1 is 1.53 bits per heavy atom. The van der Waals surface area contributed by atoms with Crippen LogP contribution in [0.5, 0.6) is 5.75 Å². The van der Waals surface area contributed by atoms with Gasteiger partial charge in [-0.2, -0.15) is 11.8 Å². The van der Waals surface area contributed by atoms with Crippen LogP contribution in [0.25, 0.3) is 0 Å². The van der Waals surface area contributed by atoms with Gasteiger partial charge in [0, 0.05) is 17.1 Å². The molecule has 0 bridgehead atoms. The molecule has 2 rings (SSSR count). The molecule has 0 amide bonds. The fourth-order valence-corrected chi connectivity index (χ4v) is 3.52. The molecule has 1 aliphatic rings. The number of hydrogen-bond acceptors (Lipinski definition) is 3. The van der Waals surface area contributed by atoms with E-state index in [2.05, 4.69) is 17.1 Å². The number of thioether (sulfide) groups is 1. The first-order valence-corrected chi connectivity index (χ1v) is 7.43. The van der Waals surface area contributed by atoms with E-state index in [1.54, 1.807) is 7.11 Å². The van der Waals surface area contributed by atoms with Crippen LogP contribution < -0.4 is 10.1 Å². The van der Waals surface area contributed by atoms with Crippen molar-refractivity contribution in [2.45, 2.75) is 13.0 Å². The summed E-state index contributed by atoms with van der Waals surface area (Å²) >= 11 is 8.05. The lowest BCUT2D eigenvalue weighted by Crippen LogP contribution is -2.22.